The summed E-state index contributed by atoms with van der Waals surface area (Å²) < 4.78 is 29.8. The van der Waals surface area contributed by atoms with E-state index in [0.717, 1.165) is 5.56 Å². The van der Waals surface area contributed by atoms with Gasteiger partial charge in [0.05, 0.1) is 29.9 Å². The molecule has 0 amide bonds. The minimum Gasteiger partial charge on any atom is -0.452 e. The second kappa shape index (κ2) is 14.4. The van der Waals surface area contributed by atoms with Crippen molar-refractivity contribution in [1.82, 2.24) is 0 Å². The average molecular weight is 583 g/mol. The highest BCUT2D eigenvalue weighted by Gasteiger charge is 2.52. The third kappa shape index (κ3) is 7.52. The molecule has 0 aromatic heterocycles. The van der Waals surface area contributed by atoms with Gasteiger partial charge >= 0.3 is 17.9 Å². The van der Waals surface area contributed by atoms with Crippen LogP contribution in [-0.4, -0.2) is 60.3 Å². The predicted octanol–water partition coefficient (Wildman–Crippen LogP) is 4.60. The summed E-state index contributed by atoms with van der Waals surface area (Å²) in [6, 6.07) is 34.0. The zero-order valence-corrected chi connectivity index (χ0v) is 23.1. The molecule has 1 N–H and O–H groups in total. The number of rotatable bonds is 10. The molecule has 0 radical (unpaired) electrons. The van der Waals surface area contributed by atoms with Gasteiger partial charge in [0, 0.05) is 0 Å². The minimum absolute atomic E-state index is 0.0246. The summed E-state index contributed by atoms with van der Waals surface area (Å²) in [7, 11) is 0. The Morgan fingerprint density at radius 3 is 1.44 bits per heavy atom. The van der Waals surface area contributed by atoms with Gasteiger partial charge in [-0.05, 0) is 42.0 Å². The number of carbonyl (C=O) groups is 3. The van der Waals surface area contributed by atoms with Crippen LogP contribution in [0.5, 0.6) is 0 Å². The van der Waals surface area contributed by atoms with E-state index in [1.54, 1.807) is 91.0 Å². The lowest BCUT2D eigenvalue weighted by Crippen LogP contribution is -2.62. The highest BCUT2D eigenvalue weighted by molar-refractivity contribution is 5.91. The van der Waals surface area contributed by atoms with Gasteiger partial charge in [-0.1, -0.05) is 84.9 Å². The van der Waals surface area contributed by atoms with Gasteiger partial charge in [0.1, 0.15) is 6.10 Å². The van der Waals surface area contributed by atoms with E-state index >= 15 is 0 Å². The highest BCUT2D eigenvalue weighted by Crippen LogP contribution is 2.31. The van der Waals surface area contributed by atoms with Crippen LogP contribution in [0.25, 0.3) is 0 Å². The number of hydrogen-bond donors (Lipinski definition) is 1. The van der Waals surface area contributed by atoms with Crippen molar-refractivity contribution in [2.45, 2.75) is 37.3 Å². The Labute approximate surface area is 248 Å². The van der Waals surface area contributed by atoms with Crippen LogP contribution in [0.2, 0.25) is 0 Å². The van der Waals surface area contributed by atoms with E-state index in [2.05, 4.69) is 0 Å². The lowest BCUT2D eigenvalue weighted by Gasteiger charge is -2.44. The first kappa shape index (κ1) is 29.7. The molecule has 1 heterocycles. The predicted molar refractivity (Wildman–Crippen MR) is 154 cm³/mol. The maximum atomic E-state index is 13.4. The molecule has 1 saturated heterocycles. The van der Waals surface area contributed by atoms with Crippen molar-refractivity contribution in [2.24, 2.45) is 0 Å². The van der Waals surface area contributed by atoms with Gasteiger partial charge in [-0.25, -0.2) is 14.4 Å². The smallest absolute Gasteiger partial charge is 0.340 e. The summed E-state index contributed by atoms with van der Waals surface area (Å²) >= 11 is 0. The van der Waals surface area contributed by atoms with Gasteiger partial charge in [0.25, 0.3) is 0 Å². The summed E-state index contributed by atoms with van der Waals surface area (Å²) in [5.74, 6) is -2.18. The summed E-state index contributed by atoms with van der Waals surface area (Å²) in [6.45, 7) is -0.617. The van der Waals surface area contributed by atoms with Crippen LogP contribution in [0.1, 0.15) is 36.6 Å². The number of aliphatic hydroxyl groups excluding tert-OH is 1. The fraction of sp³-hybridized carbons (Fsp3) is 0.206. The van der Waals surface area contributed by atoms with Crippen LogP contribution < -0.4 is 0 Å². The van der Waals surface area contributed by atoms with Gasteiger partial charge in [0.2, 0.25) is 6.29 Å². The van der Waals surface area contributed by atoms with Gasteiger partial charge in [-0.15, -0.1) is 0 Å². The molecule has 5 rings (SSSR count). The summed E-state index contributed by atoms with van der Waals surface area (Å²) in [5, 5.41) is 10.3. The molecule has 0 aliphatic carbocycles. The lowest BCUT2D eigenvalue weighted by atomic mass is 9.97. The Morgan fingerprint density at radius 2 is 0.977 bits per heavy atom. The third-order valence-electron chi connectivity index (χ3n) is 6.79. The molecule has 0 bridgehead atoms. The van der Waals surface area contributed by atoms with E-state index in [4.69, 9.17) is 23.7 Å². The van der Waals surface area contributed by atoms with Crippen molar-refractivity contribution in [3.8, 4) is 0 Å². The topological polar surface area (TPSA) is 118 Å². The lowest BCUT2D eigenvalue weighted by molar-refractivity contribution is -0.295. The van der Waals surface area contributed by atoms with Crippen molar-refractivity contribution in [1.29, 1.82) is 0 Å². The Hall–Kier alpha value is -4.83. The fourth-order valence-corrected chi connectivity index (χ4v) is 4.62. The summed E-state index contributed by atoms with van der Waals surface area (Å²) in [4.78, 5) is 39.6. The van der Waals surface area contributed by atoms with E-state index < -0.39 is 55.2 Å². The van der Waals surface area contributed by atoms with Crippen LogP contribution in [-0.2, 0) is 30.3 Å². The van der Waals surface area contributed by atoms with Crippen molar-refractivity contribution >= 4 is 17.9 Å². The number of hydrogen-bond acceptors (Lipinski definition) is 9. The minimum atomic E-state index is -1.44. The van der Waals surface area contributed by atoms with Crippen molar-refractivity contribution in [3.63, 3.8) is 0 Å². The molecule has 220 valence electrons. The third-order valence-corrected chi connectivity index (χ3v) is 6.79. The zero-order valence-electron chi connectivity index (χ0n) is 23.1. The van der Waals surface area contributed by atoms with E-state index in [0.29, 0.717) is 0 Å². The summed E-state index contributed by atoms with van der Waals surface area (Å²) in [6.07, 6.45) is -6.58. The first-order chi connectivity index (χ1) is 21.0. The van der Waals surface area contributed by atoms with Crippen LogP contribution in [0.15, 0.2) is 121 Å². The molecular formula is C34H30O9. The van der Waals surface area contributed by atoms with E-state index in [1.165, 1.54) is 0 Å². The van der Waals surface area contributed by atoms with E-state index in [9.17, 15) is 19.5 Å². The quantitative estimate of drug-likeness (QED) is 0.212. The number of esters is 3. The molecule has 0 spiro atoms. The van der Waals surface area contributed by atoms with Crippen molar-refractivity contribution < 1.29 is 43.2 Å². The molecule has 9 heteroatoms. The Balaban J connectivity index is 1.50. The zero-order chi connectivity index (χ0) is 30.0. The molecule has 0 saturated carbocycles. The monoisotopic (exact) mass is 582 g/mol. The molecule has 4 aromatic carbocycles. The molecule has 1 aliphatic rings. The normalized spacial score (nSPS) is 21.4. The van der Waals surface area contributed by atoms with Crippen LogP contribution in [0.4, 0.5) is 0 Å². The molecule has 43 heavy (non-hydrogen) atoms. The number of ether oxygens (including phenoxy) is 5. The molecular weight excluding hydrogens is 552 g/mol. The molecule has 4 aromatic rings. The number of carbonyl (C=O) groups excluding carboxylic acids is 3. The Kier molecular flexibility index (Phi) is 9.91. The largest absolute Gasteiger partial charge is 0.452 e. The van der Waals surface area contributed by atoms with Gasteiger partial charge in [0.15, 0.2) is 18.3 Å². The molecule has 1 fully saturated rings. The Morgan fingerprint density at radius 1 is 0.558 bits per heavy atom. The highest BCUT2D eigenvalue weighted by atomic mass is 16.7. The number of aliphatic hydroxyl groups is 1. The van der Waals surface area contributed by atoms with Crippen LogP contribution in [0, 0.1) is 0 Å². The van der Waals surface area contributed by atoms with Crippen LogP contribution >= 0.6 is 0 Å². The second-order valence-electron chi connectivity index (χ2n) is 9.73. The number of benzene rings is 4. The molecule has 9 nitrogen and oxygen atoms in total. The van der Waals surface area contributed by atoms with Crippen molar-refractivity contribution in [2.75, 3.05) is 6.61 Å². The summed E-state index contributed by atoms with van der Waals surface area (Å²) in [5.41, 5.74) is 1.52. The van der Waals surface area contributed by atoms with Gasteiger partial charge in [-0.2, -0.15) is 0 Å². The molecule has 1 aliphatic heterocycles. The maximum Gasteiger partial charge on any atom is 0.340 e. The van der Waals surface area contributed by atoms with Gasteiger partial charge in [-0.3, -0.25) is 0 Å². The maximum absolute atomic E-state index is 13.4. The SMILES string of the molecule is O=C(O[C@H]1O[C@@H](CO)[C@@H](OC(=O)c2ccccc2)[C@H](OC(=O)c2ccccc2)[C@H]1OCc1ccccc1)c1ccccc1. The van der Waals surface area contributed by atoms with Crippen molar-refractivity contribution in [3.05, 3.63) is 144 Å². The first-order valence-corrected chi connectivity index (χ1v) is 13.7. The molecule has 5 atom stereocenters. The second-order valence-corrected chi connectivity index (χ2v) is 9.73. The molecule has 0 unspecified atom stereocenters. The van der Waals surface area contributed by atoms with E-state index in [-0.39, 0.29) is 23.3 Å². The van der Waals surface area contributed by atoms with E-state index in [1.807, 2.05) is 30.3 Å². The standard InChI is InChI=1S/C34H30O9/c35-21-27-28(41-31(36)24-15-7-2-8-16-24)29(42-32(37)25-17-9-3-10-18-25)30(39-22-23-13-5-1-6-14-23)34(40-27)43-33(38)26-19-11-4-12-20-26/h1-20,27-30,34-35H,21-22H2/t27-,28+,29-,30+,34+/m0/s1. The Bertz CT molecular complexity index is 1480. The van der Waals surface area contributed by atoms with Crippen LogP contribution in [0.3, 0.4) is 0 Å². The fourth-order valence-electron chi connectivity index (χ4n) is 4.62. The first-order valence-electron chi connectivity index (χ1n) is 13.7. The van der Waals surface area contributed by atoms with Gasteiger partial charge < -0.3 is 28.8 Å². The average Bonchev–Trinajstić information content (AvgIpc) is 3.06.